The van der Waals surface area contributed by atoms with Crippen LogP contribution < -0.4 is 4.90 Å². The highest BCUT2D eigenvalue weighted by molar-refractivity contribution is 6.17. The van der Waals surface area contributed by atoms with Crippen molar-refractivity contribution < 1.29 is 4.42 Å². The van der Waals surface area contributed by atoms with Crippen LogP contribution in [-0.2, 0) is 0 Å². The van der Waals surface area contributed by atoms with E-state index < -0.39 is 0 Å². The van der Waals surface area contributed by atoms with Crippen LogP contribution in [0.25, 0.3) is 71.7 Å². The number of furan rings is 1. The van der Waals surface area contributed by atoms with Crippen molar-refractivity contribution in [1.82, 2.24) is 4.57 Å². The Balaban J connectivity index is 1.08. The van der Waals surface area contributed by atoms with Crippen molar-refractivity contribution in [2.45, 2.75) is 0 Å². The van der Waals surface area contributed by atoms with Gasteiger partial charge in [-0.2, -0.15) is 0 Å². The molecule has 0 spiro atoms. The van der Waals surface area contributed by atoms with Crippen molar-refractivity contribution in [3.05, 3.63) is 194 Å². The molecule has 8 aromatic carbocycles. The molecule has 2 heterocycles. The van der Waals surface area contributed by atoms with Gasteiger partial charge in [-0.05, 0) is 94.4 Å². The molecule has 240 valence electrons. The molecule has 0 fully saturated rings. The summed E-state index contributed by atoms with van der Waals surface area (Å²) in [6.45, 7) is 0. The molecule has 0 saturated heterocycles. The molecular weight excluding hydrogens is 621 g/mol. The van der Waals surface area contributed by atoms with E-state index >= 15 is 0 Å². The van der Waals surface area contributed by atoms with Gasteiger partial charge >= 0.3 is 0 Å². The zero-order chi connectivity index (χ0) is 33.7. The molecule has 0 aliphatic rings. The first-order valence-corrected chi connectivity index (χ1v) is 17.4. The Morgan fingerprint density at radius 1 is 0.373 bits per heavy atom. The van der Waals surface area contributed by atoms with E-state index in [2.05, 4.69) is 198 Å². The summed E-state index contributed by atoms with van der Waals surface area (Å²) < 4.78 is 8.85. The number of hydrogen-bond donors (Lipinski definition) is 0. The molecule has 51 heavy (non-hydrogen) atoms. The molecule has 0 unspecified atom stereocenters. The van der Waals surface area contributed by atoms with E-state index in [-0.39, 0.29) is 0 Å². The lowest BCUT2D eigenvalue weighted by Crippen LogP contribution is -2.09. The topological polar surface area (TPSA) is 21.3 Å². The fourth-order valence-electron chi connectivity index (χ4n) is 7.65. The van der Waals surface area contributed by atoms with Crippen molar-refractivity contribution in [3.8, 4) is 27.9 Å². The van der Waals surface area contributed by atoms with Gasteiger partial charge in [0.15, 0.2) is 5.58 Å². The van der Waals surface area contributed by atoms with Gasteiger partial charge in [0.05, 0.1) is 11.2 Å². The summed E-state index contributed by atoms with van der Waals surface area (Å²) in [7, 11) is 0. The molecule has 0 atom stereocenters. The van der Waals surface area contributed by atoms with Crippen molar-refractivity contribution in [2.75, 3.05) is 4.90 Å². The molecule has 0 saturated carbocycles. The number of anilines is 3. The lowest BCUT2D eigenvalue weighted by Gasteiger charge is -2.26. The minimum Gasteiger partial charge on any atom is -0.454 e. The van der Waals surface area contributed by atoms with E-state index in [1.165, 1.54) is 33.0 Å². The van der Waals surface area contributed by atoms with Crippen molar-refractivity contribution in [1.29, 1.82) is 0 Å². The standard InChI is InChI=1S/C48H32N2O/c1-3-13-33(14-4-1)34-23-27-37(28-24-34)49(36-15-5-2-6-16-36)38-29-25-35(26-30-38)39-31-32-45(41-18-8-7-17-40(39)41)50-44-21-11-9-19-42(44)48-47(50)43-20-10-12-22-46(43)51-48/h1-32H. The fraction of sp³-hybridized carbons (Fsp3) is 0. The van der Waals surface area contributed by atoms with Gasteiger partial charge in [0.25, 0.3) is 0 Å². The Labute approximate surface area is 295 Å². The fourth-order valence-corrected chi connectivity index (χ4v) is 7.65. The monoisotopic (exact) mass is 652 g/mol. The number of rotatable bonds is 6. The molecule has 0 aliphatic carbocycles. The number of nitrogens with zero attached hydrogens (tertiary/aromatic N) is 2. The number of para-hydroxylation sites is 3. The highest BCUT2D eigenvalue weighted by atomic mass is 16.3. The Kier molecular flexibility index (Phi) is 6.81. The Morgan fingerprint density at radius 3 is 1.63 bits per heavy atom. The van der Waals surface area contributed by atoms with Gasteiger partial charge in [-0.25, -0.2) is 0 Å². The van der Waals surface area contributed by atoms with Gasteiger partial charge in [-0.1, -0.05) is 127 Å². The summed E-state index contributed by atoms with van der Waals surface area (Å²) in [6.07, 6.45) is 0. The molecule has 0 aliphatic heterocycles. The zero-order valence-corrected chi connectivity index (χ0v) is 27.8. The van der Waals surface area contributed by atoms with E-state index in [4.69, 9.17) is 4.42 Å². The molecule has 3 heteroatoms. The number of aromatic nitrogens is 1. The van der Waals surface area contributed by atoms with Crippen LogP contribution in [0.1, 0.15) is 0 Å². The second-order valence-electron chi connectivity index (χ2n) is 12.9. The molecule has 0 N–H and O–H groups in total. The maximum Gasteiger partial charge on any atom is 0.161 e. The number of fused-ring (bicyclic) bond motifs is 6. The van der Waals surface area contributed by atoms with Crippen LogP contribution >= 0.6 is 0 Å². The number of benzene rings is 8. The highest BCUT2D eigenvalue weighted by Gasteiger charge is 2.21. The second kappa shape index (κ2) is 11.9. The summed E-state index contributed by atoms with van der Waals surface area (Å²) in [4.78, 5) is 2.32. The van der Waals surface area contributed by atoms with Crippen LogP contribution in [0, 0.1) is 0 Å². The molecule has 3 nitrogen and oxygen atoms in total. The summed E-state index contributed by atoms with van der Waals surface area (Å²) in [5.41, 5.74) is 13.3. The minimum absolute atomic E-state index is 0.903. The number of hydrogen-bond acceptors (Lipinski definition) is 2. The third-order valence-electron chi connectivity index (χ3n) is 10.0. The summed E-state index contributed by atoms with van der Waals surface area (Å²) in [6, 6.07) is 69.1. The lowest BCUT2D eigenvalue weighted by molar-refractivity contribution is 0.673. The summed E-state index contributed by atoms with van der Waals surface area (Å²) >= 11 is 0. The molecule has 0 amide bonds. The molecule has 2 aromatic heterocycles. The van der Waals surface area contributed by atoms with Crippen LogP contribution in [0.5, 0.6) is 0 Å². The van der Waals surface area contributed by atoms with E-state index in [1.807, 2.05) is 6.07 Å². The average Bonchev–Trinajstić information content (AvgIpc) is 3.74. The SMILES string of the molecule is c1ccc(-c2ccc(N(c3ccccc3)c3ccc(-c4ccc(-n5c6ccccc6c6oc7ccccc7c65)c5ccccc45)cc3)cc2)cc1. The normalized spacial score (nSPS) is 11.5. The zero-order valence-electron chi connectivity index (χ0n) is 27.8. The van der Waals surface area contributed by atoms with Crippen molar-refractivity contribution in [3.63, 3.8) is 0 Å². The van der Waals surface area contributed by atoms with E-state index in [1.54, 1.807) is 0 Å². The van der Waals surface area contributed by atoms with E-state index in [0.29, 0.717) is 0 Å². The van der Waals surface area contributed by atoms with Gasteiger partial charge < -0.3 is 13.9 Å². The Morgan fingerprint density at radius 2 is 0.902 bits per heavy atom. The van der Waals surface area contributed by atoms with E-state index in [9.17, 15) is 0 Å². The van der Waals surface area contributed by atoms with Gasteiger partial charge in [-0.15, -0.1) is 0 Å². The maximum atomic E-state index is 6.47. The molecule has 0 radical (unpaired) electrons. The first-order chi connectivity index (χ1) is 25.3. The predicted octanol–water partition coefficient (Wildman–Crippen LogP) is 13.5. The average molecular weight is 653 g/mol. The largest absolute Gasteiger partial charge is 0.454 e. The van der Waals surface area contributed by atoms with Crippen LogP contribution in [0.4, 0.5) is 17.1 Å². The first kappa shape index (κ1) is 29.1. The lowest BCUT2D eigenvalue weighted by atomic mass is 9.96. The smallest absolute Gasteiger partial charge is 0.161 e. The van der Waals surface area contributed by atoms with Crippen molar-refractivity contribution >= 4 is 60.8 Å². The maximum absolute atomic E-state index is 6.47. The third kappa shape index (κ3) is 4.82. The summed E-state index contributed by atoms with van der Waals surface area (Å²) in [5, 5.41) is 4.63. The quantitative estimate of drug-likeness (QED) is 0.178. The van der Waals surface area contributed by atoms with Gasteiger partial charge in [0.1, 0.15) is 11.1 Å². The van der Waals surface area contributed by atoms with Crippen LogP contribution in [0.15, 0.2) is 199 Å². The van der Waals surface area contributed by atoms with Gasteiger partial charge in [0.2, 0.25) is 0 Å². The summed E-state index contributed by atoms with van der Waals surface area (Å²) in [5.74, 6) is 0. The van der Waals surface area contributed by atoms with E-state index in [0.717, 1.165) is 55.7 Å². The minimum atomic E-state index is 0.903. The van der Waals surface area contributed by atoms with Gasteiger partial charge in [0, 0.05) is 33.2 Å². The molecular formula is C48H32N2O. The molecule has 10 rings (SSSR count). The Bertz CT molecular complexity index is 2820. The predicted molar refractivity (Wildman–Crippen MR) is 214 cm³/mol. The first-order valence-electron chi connectivity index (χ1n) is 17.4. The Hall–Kier alpha value is -6.84. The molecule has 10 aromatic rings. The van der Waals surface area contributed by atoms with Crippen LogP contribution in [-0.4, -0.2) is 4.57 Å². The highest BCUT2D eigenvalue weighted by Crippen LogP contribution is 2.42. The van der Waals surface area contributed by atoms with Gasteiger partial charge in [-0.3, -0.25) is 0 Å². The molecule has 0 bridgehead atoms. The second-order valence-corrected chi connectivity index (χ2v) is 12.9. The van der Waals surface area contributed by atoms with Crippen LogP contribution in [0.3, 0.4) is 0 Å². The van der Waals surface area contributed by atoms with Crippen LogP contribution in [0.2, 0.25) is 0 Å². The third-order valence-corrected chi connectivity index (χ3v) is 10.0. The van der Waals surface area contributed by atoms with Crippen molar-refractivity contribution in [2.24, 2.45) is 0 Å².